The van der Waals surface area contributed by atoms with Gasteiger partial charge in [-0.3, -0.25) is 0 Å². The number of fused-ring (bicyclic) bond motifs is 1. The summed E-state index contributed by atoms with van der Waals surface area (Å²) in [6, 6.07) is 0. The summed E-state index contributed by atoms with van der Waals surface area (Å²) in [5.41, 5.74) is 0. The standard InChI is InChI=1S/C11H17O2.3C4H9.Sn/c1-2-10-8-9-6-4-3-5-7-11(9,12)13-10;3*1-3-4-2;/h2,6,9-10,12H,1,3-5,7-8H2;3*1,3-4H2,2H3;/t9-,10+,11-;;;;/m1..../s1. The van der Waals surface area contributed by atoms with E-state index in [1.807, 2.05) is 6.08 Å². The number of rotatable bonds is 11. The number of hydrogen-bond donors (Lipinski definition) is 1. The zero-order valence-electron chi connectivity index (χ0n) is 17.8. The number of aliphatic hydroxyl groups is 1. The molecule has 0 unspecified atom stereocenters. The third-order valence-electron chi connectivity index (χ3n) is 7.34. The van der Waals surface area contributed by atoms with Gasteiger partial charge in [-0.1, -0.05) is 0 Å². The van der Waals surface area contributed by atoms with Crippen molar-refractivity contribution in [3.63, 3.8) is 0 Å². The first-order chi connectivity index (χ1) is 12.5. The zero-order chi connectivity index (χ0) is 19.0. The van der Waals surface area contributed by atoms with Crippen LogP contribution in [0.5, 0.6) is 0 Å². The Bertz CT molecular complexity index is 403. The molecule has 4 atom stereocenters. The molecule has 1 N–H and O–H groups in total. The van der Waals surface area contributed by atoms with Crippen LogP contribution in [-0.2, 0) is 4.74 Å². The second kappa shape index (κ2) is 10.9. The van der Waals surface area contributed by atoms with Crippen molar-refractivity contribution >= 4 is 18.4 Å². The molecule has 3 heteroatoms. The molecule has 0 aromatic heterocycles. The van der Waals surface area contributed by atoms with E-state index in [1.165, 1.54) is 51.4 Å². The van der Waals surface area contributed by atoms with Gasteiger partial charge < -0.3 is 0 Å². The van der Waals surface area contributed by atoms with Crippen molar-refractivity contribution in [3.8, 4) is 0 Å². The molecular weight excluding hydrogens is 427 g/mol. The average molecular weight is 471 g/mol. The van der Waals surface area contributed by atoms with Crippen LogP contribution in [0.2, 0.25) is 17.2 Å². The first-order valence-electron chi connectivity index (χ1n) is 11.6. The molecule has 0 aromatic carbocycles. The predicted molar refractivity (Wildman–Crippen MR) is 115 cm³/mol. The third-order valence-corrected chi connectivity index (χ3v) is 25.4. The summed E-state index contributed by atoms with van der Waals surface area (Å²) >= 11 is -2.38. The molecule has 26 heavy (non-hydrogen) atoms. The molecule has 2 fully saturated rings. The molecule has 0 bridgehead atoms. The van der Waals surface area contributed by atoms with Gasteiger partial charge in [0.05, 0.1) is 0 Å². The minimum atomic E-state index is -2.38. The summed E-state index contributed by atoms with van der Waals surface area (Å²) < 4.78 is 11.6. The molecular formula is C23H44O2Sn. The van der Waals surface area contributed by atoms with Crippen LogP contribution in [0.25, 0.3) is 0 Å². The molecule has 0 spiro atoms. The molecule has 2 rings (SSSR count). The molecule has 1 saturated carbocycles. The minimum absolute atomic E-state index is 0.0677. The Morgan fingerprint density at radius 1 is 1.04 bits per heavy atom. The van der Waals surface area contributed by atoms with Gasteiger partial charge in [0, 0.05) is 0 Å². The Labute approximate surface area is 167 Å². The van der Waals surface area contributed by atoms with Gasteiger partial charge in [0.1, 0.15) is 0 Å². The molecule has 0 amide bonds. The topological polar surface area (TPSA) is 29.5 Å². The third kappa shape index (κ3) is 5.29. The van der Waals surface area contributed by atoms with Crippen molar-refractivity contribution < 1.29 is 9.84 Å². The van der Waals surface area contributed by atoms with E-state index < -0.39 is 24.2 Å². The second-order valence-electron chi connectivity index (χ2n) is 9.10. The maximum atomic E-state index is 11.5. The summed E-state index contributed by atoms with van der Waals surface area (Å²) in [4.78, 5) is 0. The van der Waals surface area contributed by atoms with E-state index in [9.17, 15) is 5.11 Å². The predicted octanol–water partition coefficient (Wildman–Crippen LogP) is 7.06. The maximum absolute atomic E-state index is 11.5. The van der Waals surface area contributed by atoms with Crippen molar-refractivity contribution in [2.45, 2.75) is 121 Å². The Hall–Kier alpha value is 0.459. The molecule has 1 saturated heterocycles. The van der Waals surface area contributed by atoms with E-state index in [4.69, 9.17) is 4.74 Å². The van der Waals surface area contributed by atoms with Gasteiger partial charge in [0.25, 0.3) is 0 Å². The molecule has 2 nitrogen and oxygen atoms in total. The molecule has 152 valence electrons. The average Bonchev–Trinajstić information content (AvgIpc) is 2.89. The van der Waals surface area contributed by atoms with Gasteiger partial charge >= 0.3 is 167 Å². The normalized spacial score (nSPS) is 32.2. The summed E-state index contributed by atoms with van der Waals surface area (Å²) in [7, 11) is 0. The fourth-order valence-corrected chi connectivity index (χ4v) is 26.2. The van der Waals surface area contributed by atoms with Crippen LogP contribution >= 0.6 is 0 Å². The van der Waals surface area contributed by atoms with Gasteiger partial charge in [0.15, 0.2) is 0 Å². The van der Waals surface area contributed by atoms with E-state index in [1.54, 1.807) is 13.3 Å². The molecule has 2 aliphatic rings. The van der Waals surface area contributed by atoms with Gasteiger partial charge in [-0.15, -0.1) is 0 Å². The summed E-state index contributed by atoms with van der Waals surface area (Å²) in [6.45, 7) is 11.0. The Kier molecular flexibility index (Phi) is 9.50. The monoisotopic (exact) mass is 472 g/mol. The van der Waals surface area contributed by atoms with Crippen LogP contribution in [0.15, 0.2) is 12.7 Å². The van der Waals surface area contributed by atoms with Gasteiger partial charge in [-0.05, 0) is 0 Å². The summed E-state index contributed by atoms with van der Waals surface area (Å²) in [5.74, 6) is -0.471. The van der Waals surface area contributed by atoms with Crippen LogP contribution in [0, 0.1) is 5.92 Å². The van der Waals surface area contributed by atoms with Crippen LogP contribution in [0.3, 0.4) is 0 Å². The summed E-state index contributed by atoms with van der Waals surface area (Å²) in [5, 5.41) is 11.5. The Morgan fingerprint density at radius 2 is 1.62 bits per heavy atom. The van der Waals surface area contributed by atoms with Gasteiger partial charge in [0.2, 0.25) is 0 Å². The quantitative estimate of drug-likeness (QED) is 0.258. The van der Waals surface area contributed by atoms with Crippen molar-refractivity contribution in [1.82, 2.24) is 0 Å². The van der Waals surface area contributed by atoms with E-state index in [-0.39, 0.29) is 6.10 Å². The SMILES string of the molecule is C=C[C@H]1C[C@H]2[C@H]([Sn]([CH2]CCC)([CH2]CCC)[CH2]CCC)CCCC[C@@]2(O)O1. The Morgan fingerprint density at radius 3 is 2.12 bits per heavy atom. The fraction of sp³-hybridized carbons (Fsp3) is 0.913. The van der Waals surface area contributed by atoms with Crippen LogP contribution in [0.4, 0.5) is 0 Å². The van der Waals surface area contributed by atoms with E-state index in [2.05, 4.69) is 27.4 Å². The van der Waals surface area contributed by atoms with Crippen LogP contribution in [0.1, 0.15) is 91.4 Å². The molecule has 1 heterocycles. The van der Waals surface area contributed by atoms with Gasteiger partial charge in [-0.2, -0.15) is 0 Å². The van der Waals surface area contributed by atoms with Crippen molar-refractivity contribution in [2.24, 2.45) is 5.92 Å². The van der Waals surface area contributed by atoms with E-state index in [0.717, 1.165) is 23.2 Å². The summed E-state index contributed by atoms with van der Waals surface area (Å²) in [6.07, 6.45) is 15.9. The van der Waals surface area contributed by atoms with E-state index >= 15 is 0 Å². The molecule has 1 aliphatic heterocycles. The first-order valence-corrected chi connectivity index (χ1v) is 19.3. The van der Waals surface area contributed by atoms with Crippen LogP contribution in [-0.4, -0.2) is 35.4 Å². The van der Waals surface area contributed by atoms with Crippen molar-refractivity contribution in [1.29, 1.82) is 0 Å². The first kappa shape index (κ1) is 22.7. The van der Waals surface area contributed by atoms with Crippen molar-refractivity contribution in [3.05, 3.63) is 12.7 Å². The molecule has 1 aliphatic carbocycles. The second-order valence-corrected chi connectivity index (χ2v) is 23.3. The van der Waals surface area contributed by atoms with Crippen molar-refractivity contribution in [2.75, 3.05) is 0 Å². The Balaban J connectivity index is 2.35. The molecule has 0 aromatic rings. The van der Waals surface area contributed by atoms with E-state index in [0.29, 0.717) is 5.92 Å². The fourth-order valence-electron chi connectivity index (χ4n) is 5.89. The number of ether oxygens (including phenoxy) is 1. The zero-order valence-corrected chi connectivity index (χ0v) is 20.6. The van der Waals surface area contributed by atoms with Gasteiger partial charge in [-0.25, -0.2) is 0 Å². The van der Waals surface area contributed by atoms with Crippen LogP contribution < -0.4 is 0 Å². The number of hydrogen-bond acceptors (Lipinski definition) is 2. The molecule has 0 radical (unpaired) electrons. The number of unbranched alkanes of at least 4 members (excludes halogenated alkanes) is 3.